The van der Waals surface area contributed by atoms with Crippen molar-refractivity contribution in [3.63, 3.8) is 0 Å². The number of likely N-dealkylation sites (tertiary alicyclic amines) is 1. The van der Waals surface area contributed by atoms with E-state index in [4.69, 9.17) is 5.73 Å². The number of carbonyl (C=O) groups is 2. The smallest absolute Gasteiger partial charge is 0.227 e. The van der Waals surface area contributed by atoms with Gasteiger partial charge in [-0.05, 0) is 55.2 Å². The van der Waals surface area contributed by atoms with Gasteiger partial charge in [0.1, 0.15) is 5.82 Å². The number of halogens is 1. The van der Waals surface area contributed by atoms with Crippen LogP contribution in [-0.2, 0) is 16.0 Å². The number of nitrogens with two attached hydrogens (primary N) is 1. The molecule has 2 aromatic rings. The SMILES string of the molecule is Nc1ccccc1CCC(=O)N1CCC(C(=O)Nc2ccc(F)cc2)CC1. The molecule has 6 heteroatoms. The van der Waals surface area contributed by atoms with E-state index in [0.29, 0.717) is 50.1 Å². The Morgan fingerprint density at radius 1 is 1.07 bits per heavy atom. The minimum absolute atomic E-state index is 0.0780. The van der Waals surface area contributed by atoms with E-state index in [0.717, 1.165) is 5.56 Å². The third-order valence-electron chi connectivity index (χ3n) is 4.99. The number of hydrogen-bond acceptors (Lipinski definition) is 3. The minimum atomic E-state index is -0.336. The first-order valence-electron chi connectivity index (χ1n) is 9.20. The fraction of sp³-hybridized carbons (Fsp3) is 0.333. The van der Waals surface area contributed by atoms with Gasteiger partial charge in [0.25, 0.3) is 0 Å². The van der Waals surface area contributed by atoms with Crippen LogP contribution in [0.25, 0.3) is 0 Å². The highest BCUT2D eigenvalue weighted by atomic mass is 19.1. The van der Waals surface area contributed by atoms with Crippen molar-refractivity contribution in [3.05, 3.63) is 59.9 Å². The molecule has 0 aliphatic carbocycles. The zero-order chi connectivity index (χ0) is 19.2. The number of anilines is 2. The first-order valence-corrected chi connectivity index (χ1v) is 9.20. The average molecular weight is 369 g/mol. The van der Waals surface area contributed by atoms with Crippen LogP contribution in [0.15, 0.2) is 48.5 Å². The predicted octanol–water partition coefficient (Wildman–Crippen LogP) is 3.22. The lowest BCUT2D eigenvalue weighted by Crippen LogP contribution is -2.41. The highest BCUT2D eigenvalue weighted by Gasteiger charge is 2.27. The Kier molecular flexibility index (Phi) is 6.06. The minimum Gasteiger partial charge on any atom is -0.399 e. The molecule has 5 nitrogen and oxygen atoms in total. The summed E-state index contributed by atoms with van der Waals surface area (Å²) in [6, 6.07) is 13.3. The summed E-state index contributed by atoms with van der Waals surface area (Å²) in [6.45, 7) is 1.15. The van der Waals surface area contributed by atoms with Crippen molar-refractivity contribution < 1.29 is 14.0 Å². The van der Waals surface area contributed by atoms with E-state index in [1.807, 2.05) is 29.2 Å². The third kappa shape index (κ3) is 5.06. The molecular formula is C21H24FN3O2. The molecule has 1 fully saturated rings. The van der Waals surface area contributed by atoms with E-state index in [9.17, 15) is 14.0 Å². The number of nitrogen functional groups attached to an aromatic ring is 1. The molecular weight excluding hydrogens is 345 g/mol. The van der Waals surface area contributed by atoms with Gasteiger partial charge in [-0.2, -0.15) is 0 Å². The zero-order valence-corrected chi connectivity index (χ0v) is 15.2. The molecule has 0 aromatic heterocycles. The lowest BCUT2D eigenvalue weighted by atomic mass is 9.95. The molecule has 0 saturated carbocycles. The van der Waals surface area contributed by atoms with Gasteiger partial charge in [-0.1, -0.05) is 18.2 Å². The maximum atomic E-state index is 12.9. The molecule has 1 saturated heterocycles. The summed E-state index contributed by atoms with van der Waals surface area (Å²) >= 11 is 0. The molecule has 2 amide bonds. The second-order valence-corrected chi connectivity index (χ2v) is 6.85. The quantitative estimate of drug-likeness (QED) is 0.795. The number of hydrogen-bond donors (Lipinski definition) is 2. The van der Waals surface area contributed by atoms with Crippen LogP contribution < -0.4 is 11.1 Å². The van der Waals surface area contributed by atoms with Gasteiger partial charge >= 0.3 is 0 Å². The average Bonchev–Trinajstić information content (AvgIpc) is 2.69. The van der Waals surface area contributed by atoms with Gasteiger partial charge < -0.3 is 16.0 Å². The molecule has 142 valence electrons. The Balaban J connectivity index is 1.45. The normalized spacial score (nSPS) is 14.8. The van der Waals surface area contributed by atoms with Gasteiger partial charge in [-0.3, -0.25) is 9.59 Å². The second-order valence-electron chi connectivity index (χ2n) is 6.85. The summed E-state index contributed by atoms with van der Waals surface area (Å²) in [6.07, 6.45) is 2.30. The van der Waals surface area contributed by atoms with Crippen molar-refractivity contribution in [2.45, 2.75) is 25.7 Å². The molecule has 0 radical (unpaired) electrons. The van der Waals surface area contributed by atoms with Crippen LogP contribution in [0.2, 0.25) is 0 Å². The molecule has 2 aromatic carbocycles. The summed E-state index contributed by atoms with van der Waals surface area (Å²) in [5.41, 5.74) is 8.20. The number of amides is 2. The summed E-state index contributed by atoms with van der Waals surface area (Å²) in [4.78, 5) is 26.6. The van der Waals surface area contributed by atoms with E-state index in [1.54, 1.807) is 12.1 Å². The van der Waals surface area contributed by atoms with Crippen LogP contribution in [0.4, 0.5) is 15.8 Å². The largest absolute Gasteiger partial charge is 0.399 e. The van der Waals surface area contributed by atoms with Crippen LogP contribution in [0.1, 0.15) is 24.8 Å². The molecule has 3 N–H and O–H groups in total. The van der Waals surface area contributed by atoms with E-state index >= 15 is 0 Å². The second kappa shape index (κ2) is 8.66. The van der Waals surface area contributed by atoms with Crippen molar-refractivity contribution in [2.24, 2.45) is 5.92 Å². The molecule has 0 atom stereocenters. The first kappa shape index (κ1) is 18.9. The number of rotatable bonds is 5. The van der Waals surface area contributed by atoms with Gasteiger partial charge in [-0.25, -0.2) is 4.39 Å². The van der Waals surface area contributed by atoms with Gasteiger partial charge in [0.15, 0.2) is 0 Å². The highest BCUT2D eigenvalue weighted by molar-refractivity contribution is 5.92. The van der Waals surface area contributed by atoms with Crippen LogP contribution >= 0.6 is 0 Å². The van der Waals surface area contributed by atoms with Crippen molar-refractivity contribution in [2.75, 3.05) is 24.1 Å². The topological polar surface area (TPSA) is 75.4 Å². The number of nitrogens with zero attached hydrogens (tertiary/aromatic N) is 1. The Labute approximate surface area is 158 Å². The monoisotopic (exact) mass is 369 g/mol. The summed E-state index contributed by atoms with van der Waals surface area (Å²) in [5.74, 6) is -0.456. The Hall–Kier alpha value is -2.89. The predicted molar refractivity (Wildman–Crippen MR) is 104 cm³/mol. The first-order chi connectivity index (χ1) is 13.0. The Morgan fingerprint density at radius 3 is 2.41 bits per heavy atom. The Bertz CT molecular complexity index is 799. The lowest BCUT2D eigenvalue weighted by molar-refractivity contribution is -0.134. The van der Waals surface area contributed by atoms with Crippen molar-refractivity contribution >= 4 is 23.2 Å². The lowest BCUT2D eigenvalue weighted by Gasteiger charge is -2.31. The zero-order valence-electron chi connectivity index (χ0n) is 15.2. The maximum absolute atomic E-state index is 12.9. The number of carbonyl (C=O) groups excluding carboxylic acids is 2. The molecule has 1 heterocycles. The van der Waals surface area contributed by atoms with E-state index in [2.05, 4.69) is 5.32 Å². The number of piperidine rings is 1. The van der Waals surface area contributed by atoms with E-state index < -0.39 is 0 Å². The van der Waals surface area contributed by atoms with Crippen molar-refractivity contribution in [1.82, 2.24) is 4.90 Å². The van der Waals surface area contributed by atoms with Gasteiger partial charge in [-0.15, -0.1) is 0 Å². The highest BCUT2D eigenvalue weighted by Crippen LogP contribution is 2.21. The molecule has 27 heavy (non-hydrogen) atoms. The van der Waals surface area contributed by atoms with Gasteiger partial charge in [0.2, 0.25) is 11.8 Å². The van der Waals surface area contributed by atoms with Gasteiger partial charge in [0, 0.05) is 36.8 Å². The van der Waals surface area contributed by atoms with E-state index in [1.165, 1.54) is 12.1 Å². The number of benzene rings is 2. The van der Waals surface area contributed by atoms with Crippen LogP contribution in [0, 0.1) is 11.7 Å². The molecule has 3 rings (SSSR count). The molecule has 0 bridgehead atoms. The molecule has 1 aliphatic rings. The van der Waals surface area contributed by atoms with Crippen LogP contribution in [-0.4, -0.2) is 29.8 Å². The van der Waals surface area contributed by atoms with Crippen molar-refractivity contribution in [3.8, 4) is 0 Å². The Morgan fingerprint density at radius 2 is 1.74 bits per heavy atom. The van der Waals surface area contributed by atoms with E-state index in [-0.39, 0.29) is 23.5 Å². The molecule has 0 unspecified atom stereocenters. The fourth-order valence-electron chi connectivity index (χ4n) is 3.33. The summed E-state index contributed by atoms with van der Waals surface area (Å²) in [5, 5.41) is 2.81. The number of aryl methyl sites for hydroxylation is 1. The molecule has 0 spiro atoms. The van der Waals surface area contributed by atoms with Crippen LogP contribution in [0.5, 0.6) is 0 Å². The van der Waals surface area contributed by atoms with Crippen LogP contribution in [0.3, 0.4) is 0 Å². The number of nitrogens with one attached hydrogen (secondary N) is 1. The standard InChI is InChI=1S/C21H24FN3O2/c22-17-6-8-18(9-7-17)24-21(27)16-11-13-25(14-12-16)20(26)10-5-15-3-1-2-4-19(15)23/h1-4,6-9,16H,5,10-14,23H2,(H,24,27). The van der Waals surface area contributed by atoms with Crippen molar-refractivity contribution in [1.29, 1.82) is 0 Å². The third-order valence-corrected chi connectivity index (χ3v) is 4.99. The summed E-state index contributed by atoms with van der Waals surface area (Å²) < 4.78 is 12.9. The molecule has 1 aliphatic heterocycles. The number of para-hydroxylation sites is 1. The summed E-state index contributed by atoms with van der Waals surface area (Å²) in [7, 11) is 0. The van der Waals surface area contributed by atoms with Gasteiger partial charge in [0.05, 0.1) is 0 Å². The maximum Gasteiger partial charge on any atom is 0.227 e. The fourth-order valence-corrected chi connectivity index (χ4v) is 3.33.